The van der Waals surface area contributed by atoms with Gasteiger partial charge in [-0.1, -0.05) is 0 Å². The molecular formula is C17H24N2O2. The molecular weight excluding hydrogens is 264 g/mol. The number of amides is 1. The zero-order valence-electron chi connectivity index (χ0n) is 12.7. The lowest BCUT2D eigenvalue weighted by molar-refractivity contribution is 0.0146. The minimum absolute atomic E-state index is 0.165. The fourth-order valence-corrected chi connectivity index (χ4v) is 3.25. The molecule has 4 heteroatoms. The first kappa shape index (κ1) is 14.4. The Morgan fingerprint density at radius 1 is 1.38 bits per heavy atom. The molecule has 0 saturated carbocycles. The normalized spacial score (nSPS) is 19.0. The van der Waals surface area contributed by atoms with E-state index in [0.29, 0.717) is 6.10 Å². The second-order valence-corrected chi connectivity index (χ2v) is 5.85. The Balaban J connectivity index is 1.66. The molecule has 2 aliphatic heterocycles. The van der Waals surface area contributed by atoms with E-state index in [0.717, 1.165) is 57.5 Å². The number of carbonyl (C=O) groups excluding carboxylic acids is 1. The third-order valence-electron chi connectivity index (χ3n) is 4.42. The molecule has 1 fully saturated rings. The van der Waals surface area contributed by atoms with Gasteiger partial charge in [0.2, 0.25) is 0 Å². The zero-order chi connectivity index (χ0) is 14.7. The summed E-state index contributed by atoms with van der Waals surface area (Å²) in [5.41, 5.74) is 3.29. The van der Waals surface area contributed by atoms with Gasteiger partial charge < -0.3 is 15.0 Å². The van der Waals surface area contributed by atoms with E-state index in [1.54, 1.807) is 0 Å². The SMILES string of the molecule is CCOC1CCN(C(=O)c2ccc3c(c2)CCCN3)CC1. The molecule has 1 saturated heterocycles. The Kier molecular flexibility index (Phi) is 4.44. The van der Waals surface area contributed by atoms with E-state index in [2.05, 4.69) is 17.4 Å². The Morgan fingerprint density at radius 2 is 2.19 bits per heavy atom. The second kappa shape index (κ2) is 6.48. The van der Waals surface area contributed by atoms with Crippen LogP contribution in [-0.4, -0.2) is 43.2 Å². The maximum atomic E-state index is 12.6. The van der Waals surface area contributed by atoms with E-state index >= 15 is 0 Å². The molecule has 0 aliphatic carbocycles. The predicted molar refractivity (Wildman–Crippen MR) is 83.8 cm³/mol. The molecule has 2 aliphatic rings. The summed E-state index contributed by atoms with van der Waals surface area (Å²) in [6.07, 6.45) is 4.44. The number of piperidine rings is 1. The summed E-state index contributed by atoms with van der Waals surface area (Å²) in [7, 11) is 0. The number of fused-ring (bicyclic) bond motifs is 1. The molecule has 0 unspecified atom stereocenters. The van der Waals surface area contributed by atoms with Crippen LogP contribution in [0, 0.1) is 0 Å². The van der Waals surface area contributed by atoms with Crippen LogP contribution in [0.1, 0.15) is 42.1 Å². The minimum atomic E-state index is 0.165. The summed E-state index contributed by atoms with van der Waals surface area (Å²) in [6.45, 7) is 5.43. The highest BCUT2D eigenvalue weighted by molar-refractivity contribution is 5.95. The van der Waals surface area contributed by atoms with Crippen LogP contribution >= 0.6 is 0 Å². The highest BCUT2D eigenvalue weighted by Crippen LogP contribution is 2.24. The van der Waals surface area contributed by atoms with Crippen molar-refractivity contribution in [3.8, 4) is 0 Å². The lowest BCUT2D eigenvalue weighted by atomic mass is 9.99. The quantitative estimate of drug-likeness (QED) is 0.930. The summed E-state index contributed by atoms with van der Waals surface area (Å²) < 4.78 is 5.64. The number of likely N-dealkylation sites (tertiary alicyclic amines) is 1. The van der Waals surface area contributed by atoms with Gasteiger partial charge in [0.05, 0.1) is 6.10 Å². The van der Waals surface area contributed by atoms with Crippen molar-refractivity contribution in [3.05, 3.63) is 29.3 Å². The van der Waals surface area contributed by atoms with Crippen LogP contribution in [-0.2, 0) is 11.2 Å². The van der Waals surface area contributed by atoms with Gasteiger partial charge in [0.1, 0.15) is 0 Å². The molecule has 1 amide bonds. The first-order chi connectivity index (χ1) is 10.3. The fraction of sp³-hybridized carbons (Fsp3) is 0.588. The average Bonchev–Trinajstić information content (AvgIpc) is 2.55. The standard InChI is InChI=1S/C17H24N2O2/c1-2-21-15-7-10-19(11-8-15)17(20)14-5-6-16-13(12-14)4-3-9-18-16/h5-6,12,15,18H,2-4,7-11H2,1H3. The molecule has 1 aromatic rings. The molecule has 1 aromatic carbocycles. The van der Waals surface area contributed by atoms with Crippen molar-refractivity contribution in [2.75, 3.05) is 31.6 Å². The highest BCUT2D eigenvalue weighted by Gasteiger charge is 2.24. The summed E-state index contributed by atoms with van der Waals surface area (Å²) in [6, 6.07) is 6.07. The van der Waals surface area contributed by atoms with Crippen molar-refractivity contribution >= 4 is 11.6 Å². The molecule has 0 atom stereocenters. The summed E-state index contributed by atoms with van der Waals surface area (Å²) in [5, 5.41) is 3.39. The number of hydrogen-bond acceptors (Lipinski definition) is 3. The van der Waals surface area contributed by atoms with Crippen molar-refractivity contribution < 1.29 is 9.53 Å². The van der Waals surface area contributed by atoms with Crippen molar-refractivity contribution in [2.24, 2.45) is 0 Å². The van der Waals surface area contributed by atoms with Gasteiger partial charge in [-0.15, -0.1) is 0 Å². The van der Waals surface area contributed by atoms with Gasteiger partial charge in [-0.25, -0.2) is 0 Å². The predicted octanol–water partition coefficient (Wildman–Crippen LogP) is 2.69. The maximum absolute atomic E-state index is 12.6. The highest BCUT2D eigenvalue weighted by atomic mass is 16.5. The molecule has 0 radical (unpaired) electrons. The number of benzene rings is 1. The molecule has 1 N–H and O–H groups in total. The minimum Gasteiger partial charge on any atom is -0.385 e. The molecule has 2 heterocycles. The molecule has 4 nitrogen and oxygen atoms in total. The molecule has 21 heavy (non-hydrogen) atoms. The summed E-state index contributed by atoms with van der Waals surface area (Å²) in [4.78, 5) is 14.6. The monoisotopic (exact) mass is 288 g/mol. The molecule has 0 spiro atoms. The van der Waals surface area contributed by atoms with E-state index in [-0.39, 0.29) is 5.91 Å². The van der Waals surface area contributed by atoms with Gasteiger partial charge in [-0.2, -0.15) is 0 Å². The van der Waals surface area contributed by atoms with Crippen molar-refractivity contribution in [1.29, 1.82) is 0 Å². The second-order valence-electron chi connectivity index (χ2n) is 5.85. The fourth-order valence-electron chi connectivity index (χ4n) is 3.25. The Bertz CT molecular complexity index is 508. The number of ether oxygens (including phenoxy) is 1. The van der Waals surface area contributed by atoms with Gasteiger partial charge in [0.15, 0.2) is 0 Å². The lowest BCUT2D eigenvalue weighted by Gasteiger charge is -2.32. The smallest absolute Gasteiger partial charge is 0.253 e. The first-order valence-corrected chi connectivity index (χ1v) is 8.05. The van der Waals surface area contributed by atoms with Crippen molar-refractivity contribution in [2.45, 2.75) is 38.7 Å². The van der Waals surface area contributed by atoms with Gasteiger partial charge in [0.25, 0.3) is 5.91 Å². The summed E-state index contributed by atoms with van der Waals surface area (Å²) in [5.74, 6) is 0.165. The van der Waals surface area contributed by atoms with Crippen LogP contribution < -0.4 is 5.32 Å². The Hall–Kier alpha value is -1.55. The number of carbonyl (C=O) groups is 1. The lowest BCUT2D eigenvalue weighted by Crippen LogP contribution is -2.41. The number of rotatable bonds is 3. The molecule has 0 bridgehead atoms. The molecule has 0 aromatic heterocycles. The third kappa shape index (κ3) is 3.21. The van der Waals surface area contributed by atoms with E-state index < -0.39 is 0 Å². The molecule has 114 valence electrons. The van der Waals surface area contributed by atoms with Gasteiger partial charge in [-0.3, -0.25) is 4.79 Å². The van der Waals surface area contributed by atoms with Crippen molar-refractivity contribution in [1.82, 2.24) is 4.90 Å². The summed E-state index contributed by atoms with van der Waals surface area (Å²) >= 11 is 0. The first-order valence-electron chi connectivity index (χ1n) is 8.05. The Morgan fingerprint density at radius 3 is 2.95 bits per heavy atom. The van der Waals surface area contributed by atoms with E-state index in [9.17, 15) is 4.79 Å². The van der Waals surface area contributed by atoms with Crippen LogP contribution in [0.25, 0.3) is 0 Å². The van der Waals surface area contributed by atoms with E-state index in [1.807, 2.05) is 17.9 Å². The van der Waals surface area contributed by atoms with E-state index in [4.69, 9.17) is 4.74 Å². The Labute approximate surface area is 126 Å². The number of nitrogens with one attached hydrogen (secondary N) is 1. The molecule has 3 rings (SSSR count). The number of anilines is 1. The van der Waals surface area contributed by atoms with Gasteiger partial charge in [0, 0.05) is 37.5 Å². The topological polar surface area (TPSA) is 41.6 Å². The van der Waals surface area contributed by atoms with Gasteiger partial charge >= 0.3 is 0 Å². The van der Waals surface area contributed by atoms with E-state index in [1.165, 1.54) is 11.3 Å². The van der Waals surface area contributed by atoms with Crippen LogP contribution in [0.15, 0.2) is 18.2 Å². The largest absolute Gasteiger partial charge is 0.385 e. The zero-order valence-corrected chi connectivity index (χ0v) is 12.7. The number of nitrogens with zero attached hydrogens (tertiary/aromatic N) is 1. The third-order valence-corrected chi connectivity index (χ3v) is 4.42. The number of aryl methyl sites for hydroxylation is 1. The van der Waals surface area contributed by atoms with Crippen LogP contribution in [0.4, 0.5) is 5.69 Å². The maximum Gasteiger partial charge on any atom is 0.253 e. The van der Waals surface area contributed by atoms with Gasteiger partial charge in [-0.05, 0) is 56.4 Å². The number of hydrogen-bond donors (Lipinski definition) is 1. The van der Waals surface area contributed by atoms with Crippen LogP contribution in [0.3, 0.4) is 0 Å². The van der Waals surface area contributed by atoms with Crippen LogP contribution in [0.2, 0.25) is 0 Å². The van der Waals surface area contributed by atoms with Crippen LogP contribution in [0.5, 0.6) is 0 Å². The van der Waals surface area contributed by atoms with Crippen molar-refractivity contribution in [3.63, 3.8) is 0 Å². The average molecular weight is 288 g/mol.